The second kappa shape index (κ2) is 5.98. The first-order valence-electron chi connectivity index (χ1n) is 6.01. The van der Waals surface area contributed by atoms with Crippen LogP contribution in [-0.2, 0) is 0 Å². The molecule has 1 aliphatic heterocycles. The second-order valence-electron chi connectivity index (χ2n) is 4.26. The molecule has 1 atom stereocenters. The van der Waals surface area contributed by atoms with Crippen molar-refractivity contribution in [1.29, 1.82) is 0 Å². The van der Waals surface area contributed by atoms with Crippen molar-refractivity contribution in [3.63, 3.8) is 0 Å². The fraction of sp³-hybridized carbons (Fsp3) is 0.538. The van der Waals surface area contributed by atoms with Crippen LogP contribution in [0.15, 0.2) is 24.3 Å². The van der Waals surface area contributed by atoms with E-state index < -0.39 is 0 Å². The average molecular weight is 330 g/mol. The molecule has 1 heterocycles. The molecule has 0 amide bonds. The summed E-state index contributed by atoms with van der Waals surface area (Å²) in [7, 11) is 0. The molecule has 1 fully saturated rings. The SMILES string of the molecule is CC[C@H](c1ccc(I)cc1)N1CCNCC1. The lowest BCUT2D eigenvalue weighted by molar-refractivity contribution is 0.169. The van der Waals surface area contributed by atoms with Gasteiger partial charge in [0.1, 0.15) is 0 Å². The van der Waals surface area contributed by atoms with Crippen molar-refractivity contribution in [3.05, 3.63) is 33.4 Å². The first kappa shape index (κ1) is 12.3. The van der Waals surface area contributed by atoms with Gasteiger partial charge in [0.2, 0.25) is 0 Å². The highest BCUT2D eigenvalue weighted by Gasteiger charge is 2.19. The maximum atomic E-state index is 3.41. The standard InChI is InChI=1S/C13H19IN2/c1-2-13(16-9-7-15-8-10-16)11-3-5-12(14)6-4-11/h3-6,13,15H,2,7-10H2,1H3/t13-/m1/s1. The van der Waals surface area contributed by atoms with Crippen LogP contribution in [-0.4, -0.2) is 31.1 Å². The van der Waals surface area contributed by atoms with E-state index in [1.54, 1.807) is 0 Å². The van der Waals surface area contributed by atoms with Gasteiger partial charge in [-0.2, -0.15) is 0 Å². The van der Waals surface area contributed by atoms with Crippen molar-refractivity contribution in [2.75, 3.05) is 26.2 Å². The third kappa shape index (κ3) is 2.96. The van der Waals surface area contributed by atoms with Gasteiger partial charge in [0.05, 0.1) is 0 Å². The first-order chi connectivity index (χ1) is 7.81. The van der Waals surface area contributed by atoms with Crippen LogP contribution < -0.4 is 5.32 Å². The van der Waals surface area contributed by atoms with Crippen molar-refractivity contribution < 1.29 is 0 Å². The molecule has 2 rings (SSSR count). The molecule has 88 valence electrons. The van der Waals surface area contributed by atoms with E-state index in [0.29, 0.717) is 6.04 Å². The second-order valence-corrected chi connectivity index (χ2v) is 5.51. The number of hydrogen-bond donors (Lipinski definition) is 1. The molecule has 0 saturated carbocycles. The summed E-state index contributed by atoms with van der Waals surface area (Å²) < 4.78 is 1.32. The molecule has 1 aromatic rings. The lowest BCUT2D eigenvalue weighted by Gasteiger charge is -2.34. The van der Waals surface area contributed by atoms with Gasteiger partial charge in [-0.25, -0.2) is 0 Å². The van der Waals surface area contributed by atoms with E-state index in [0.717, 1.165) is 13.1 Å². The Labute approximate surface area is 112 Å². The largest absolute Gasteiger partial charge is 0.314 e. The smallest absolute Gasteiger partial charge is 0.0346 e. The van der Waals surface area contributed by atoms with Crippen LogP contribution >= 0.6 is 22.6 Å². The molecule has 1 aliphatic rings. The summed E-state index contributed by atoms with van der Waals surface area (Å²) >= 11 is 2.36. The van der Waals surface area contributed by atoms with Crippen molar-refractivity contribution >= 4 is 22.6 Å². The van der Waals surface area contributed by atoms with Gasteiger partial charge in [-0.3, -0.25) is 4.90 Å². The molecule has 0 unspecified atom stereocenters. The Hall–Kier alpha value is -0.130. The minimum absolute atomic E-state index is 0.596. The Balaban J connectivity index is 2.11. The Morgan fingerprint density at radius 1 is 1.25 bits per heavy atom. The van der Waals surface area contributed by atoms with Crippen molar-refractivity contribution in [3.8, 4) is 0 Å². The predicted molar refractivity (Wildman–Crippen MR) is 76.6 cm³/mol. The molecule has 0 radical (unpaired) electrons. The third-order valence-electron chi connectivity index (χ3n) is 3.23. The van der Waals surface area contributed by atoms with E-state index in [-0.39, 0.29) is 0 Å². The Morgan fingerprint density at radius 3 is 2.44 bits per heavy atom. The number of hydrogen-bond acceptors (Lipinski definition) is 2. The van der Waals surface area contributed by atoms with Gasteiger partial charge in [0.15, 0.2) is 0 Å². The molecular formula is C13H19IN2. The van der Waals surface area contributed by atoms with E-state index in [2.05, 4.69) is 64.0 Å². The van der Waals surface area contributed by atoms with E-state index in [9.17, 15) is 0 Å². The molecule has 0 aliphatic carbocycles. The third-order valence-corrected chi connectivity index (χ3v) is 3.95. The van der Waals surface area contributed by atoms with Crippen LogP contribution in [0.3, 0.4) is 0 Å². The van der Waals surface area contributed by atoms with Crippen LogP contribution in [0.2, 0.25) is 0 Å². The summed E-state index contributed by atoms with van der Waals surface area (Å²) in [5.41, 5.74) is 1.46. The highest BCUT2D eigenvalue weighted by atomic mass is 127. The van der Waals surface area contributed by atoms with Crippen molar-refractivity contribution in [2.24, 2.45) is 0 Å². The van der Waals surface area contributed by atoms with E-state index >= 15 is 0 Å². The molecule has 3 heteroatoms. The summed E-state index contributed by atoms with van der Waals surface area (Å²) in [4.78, 5) is 2.60. The molecule has 1 aromatic carbocycles. The predicted octanol–water partition coefficient (Wildman–Crippen LogP) is 2.65. The normalized spacial score (nSPS) is 19.6. The fourth-order valence-electron chi connectivity index (χ4n) is 2.38. The van der Waals surface area contributed by atoms with Crippen LogP contribution in [0.5, 0.6) is 0 Å². The zero-order valence-electron chi connectivity index (χ0n) is 9.75. The zero-order valence-corrected chi connectivity index (χ0v) is 11.9. The number of nitrogens with zero attached hydrogens (tertiary/aromatic N) is 1. The topological polar surface area (TPSA) is 15.3 Å². The van der Waals surface area contributed by atoms with Gasteiger partial charge in [-0.15, -0.1) is 0 Å². The average Bonchev–Trinajstić information content (AvgIpc) is 2.34. The lowest BCUT2D eigenvalue weighted by Crippen LogP contribution is -2.45. The summed E-state index contributed by atoms with van der Waals surface area (Å²) in [5.74, 6) is 0. The summed E-state index contributed by atoms with van der Waals surface area (Å²) in [6.45, 7) is 6.88. The minimum atomic E-state index is 0.596. The molecule has 1 N–H and O–H groups in total. The van der Waals surface area contributed by atoms with Crippen LogP contribution in [0.4, 0.5) is 0 Å². The van der Waals surface area contributed by atoms with Gasteiger partial charge in [0.25, 0.3) is 0 Å². The molecule has 2 nitrogen and oxygen atoms in total. The van der Waals surface area contributed by atoms with Crippen LogP contribution in [0, 0.1) is 3.57 Å². The van der Waals surface area contributed by atoms with E-state index in [1.165, 1.54) is 28.6 Å². The molecule has 0 spiro atoms. The maximum Gasteiger partial charge on any atom is 0.0346 e. The number of halogens is 1. The number of piperazine rings is 1. The van der Waals surface area contributed by atoms with Crippen molar-refractivity contribution in [1.82, 2.24) is 10.2 Å². The van der Waals surface area contributed by atoms with Crippen LogP contribution in [0.25, 0.3) is 0 Å². The maximum absolute atomic E-state index is 3.41. The van der Waals surface area contributed by atoms with Gasteiger partial charge in [-0.05, 0) is 46.7 Å². The summed E-state index contributed by atoms with van der Waals surface area (Å²) in [6, 6.07) is 9.57. The number of rotatable bonds is 3. The van der Waals surface area contributed by atoms with Gasteiger partial charge in [-0.1, -0.05) is 19.1 Å². The Kier molecular flexibility index (Phi) is 4.61. The van der Waals surface area contributed by atoms with Gasteiger partial charge in [0, 0.05) is 35.8 Å². The number of nitrogens with one attached hydrogen (secondary N) is 1. The Morgan fingerprint density at radius 2 is 1.88 bits per heavy atom. The quantitative estimate of drug-likeness (QED) is 0.858. The van der Waals surface area contributed by atoms with Gasteiger partial charge >= 0.3 is 0 Å². The van der Waals surface area contributed by atoms with Crippen LogP contribution in [0.1, 0.15) is 24.9 Å². The van der Waals surface area contributed by atoms with E-state index in [1.807, 2.05) is 0 Å². The van der Waals surface area contributed by atoms with E-state index in [4.69, 9.17) is 0 Å². The fourth-order valence-corrected chi connectivity index (χ4v) is 2.74. The lowest BCUT2D eigenvalue weighted by atomic mass is 10.0. The van der Waals surface area contributed by atoms with Crippen molar-refractivity contribution in [2.45, 2.75) is 19.4 Å². The minimum Gasteiger partial charge on any atom is -0.314 e. The molecule has 16 heavy (non-hydrogen) atoms. The highest BCUT2D eigenvalue weighted by Crippen LogP contribution is 2.24. The molecular weight excluding hydrogens is 311 g/mol. The van der Waals surface area contributed by atoms with Gasteiger partial charge < -0.3 is 5.32 Å². The molecule has 0 aromatic heterocycles. The first-order valence-corrected chi connectivity index (χ1v) is 7.09. The Bertz CT molecular complexity index is 317. The zero-order chi connectivity index (χ0) is 11.4. The monoisotopic (exact) mass is 330 g/mol. The molecule has 0 bridgehead atoms. The summed E-state index contributed by atoms with van der Waals surface area (Å²) in [6.07, 6.45) is 1.20. The number of benzene rings is 1. The summed E-state index contributed by atoms with van der Waals surface area (Å²) in [5, 5.41) is 3.41. The highest BCUT2D eigenvalue weighted by molar-refractivity contribution is 14.1. The molecule has 1 saturated heterocycles.